The predicted octanol–water partition coefficient (Wildman–Crippen LogP) is 4.10. The van der Waals surface area contributed by atoms with Crippen LogP contribution in [0.25, 0.3) is 6.08 Å². The van der Waals surface area contributed by atoms with Gasteiger partial charge in [0, 0.05) is 5.56 Å². The number of rotatable bonds is 6. The second-order valence-corrected chi connectivity index (χ2v) is 6.89. The second kappa shape index (κ2) is 8.00. The van der Waals surface area contributed by atoms with E-state index in [-0.39, 0.29) is 18.4 Å². The molecule has 0 aromatic heterocycles. The van der Waals surface area contributed by atoms with Crippen molar-refractivity contribution in [3.8, 4) is 23.0 Å². The van der Waals surface area contributed by atoms with Gasteiger partial charge in [-0.1, -0.05) is 12.7 Å². The summed E-state index contributed by atoms with van der Waals surface area (Å²) < 4.78 is 27.7. The number of halogens is 1. The summed E-state index contributed by atoms with van der Waals surface area (Å²) in [6, 6.07) is 8.78. The molecule has 0 amide bonds. The van der Waals surface area contributed by atoms with Gasteiger partial charge in [-0.15, -0.1) is 0 Å². The Morgan fingerprint density at radius 1 is 1.24 bits per heavy atom. The van der Waals surface area contributed by atoms with Crippen LogP contribution in [0, 0.1) is 0 Å². The molecule has 0 unspecified atom stereocenters. The molecule has 4 rings (SSSR count). The van der Waals surface area contributed by atoms with Gasteiger partial charge < -0.3 is 23.7 Å². The molecule has 0 saturated carbocycles. The van der Waals surface area contributed by atoms with E-state index in [9.17, 15) is 4.79 Å². The van der Waals surface area contributed by atoms with Crippen LogP contribution in [0.15, 0.2) is 58.1 Å². The van der Waals surface area contributed by atoms with E-state index in [4.69, 9.17) is 23.7 Å². The molecule has 2 aliphatic heterocycles. The van der Waals surface area contributed by atoms with Gasteiger partial charge in [-0.25, -0.2) is 9.79 Å². The summed E-state index contributed by atoms with van der Waals surface area (Å²) >= 11 is 3.46. The van der Waals surface area contributed by atoms with Gasteiger partial charge in [0.2, 0.25) is 12.7 Å². The Labute approximate surface area is 175 Å². The van der Waals surface area contributed by atoms with E-state index < -0.39 is 5.97 Å². The quantitative estimate of drug-likeness (QED) is 0.369. The zero-order chi connectivity index (χ0) is 20.4. The van der Waals surface area contributed by atoms with E-state index in [1.54, 1.807) is 49.6 Å². The van der Waals surface area contributed by atoms with Crippen LogP contribution in [0.1, 0.15) is 11.1 Å². The molecule has 148 valence electrons. The van der Waals surface area contributed by atoms with Gasteiger partial charge in [-0.3, -0.25) is 0 Å². The van der Waals surface area contributed by atoms with E-state index in [2.05, 4.69) is 27.5 Å². The van der Waals surface area contributed by atoms with Crippen LogP contribution >= 0.6 is 15.9 Å². The molecule has 0 saturated heterocycles. The maximum atomic E-state index is 12.3. The Hall–Kier alpha value is -3.26. The molecule has 8 heteroatoms. The van der Waals surface area contributed by atoms with Crippen molar-refractivity contribution in [3.05, 3.63) is 64.3 Å². The van der Waals surface area contributed by atoms with Gasteiger partial charge in [0.15, 0.2) is 28.7 Å². The van der Waals surface area contributed by atoms with Gasteiger partial charge in [-0.2, -0.15) is 0 Å². The number of carbonyl (C=O) groups is 1. The topological polar surface area (TPSA) is 75.6 Å². The highest BCUT2D eigenvalue weighted by Gasteiger charge is 2.26. The van der Waals surface area contributed by atoms with Gasteiger partial charge in [0.25, 0.3) is 0 Å². The van der Waals surface area contributed by atoms with Crippen LogP contribution in [0.5, 0.6) is 23.0 Å². The maximum absolute atomic E-state index is 12.3. The minimum atomic E-state index is -0.542. The number of ether oxygens (including phenoxy) is 5. The number of fused-ring (bicyclic) bond motifs is 1. The fourth-order valence-electron chi connectivity index (χ4n) is 2.83. The first-order chi connectivity index (χ1) is 14.1. The monoisotopic (exact) mass is 457 g/mol. The summed E-state index contributed by atoms with van der Waals surface area (Å²) in [5.74, 6) is 1.95. The smallest absolute Gasteiger partial charge is 0.363 e. The zero-order valence-electron chi connectivity index (χ0n) is 15.4. The Kier molecular flexibility index (Phi) is 5.26. The second-order valence-electron chi connectivity index (χ2n) is 6.04. The minimum absolute atomic E-state index is 0.166. The van der Waals surface area contributed by atoms with Crippen LogP contribution in [0.2, 0.25) is 0 Å². The number of esters is 1. The maximum Gasteiger partial charge on any atom is 0.363 e. The van der Waals surface area contributed by atoms with Gasteiger partial charge in [-0.05, 0) is 57.9 Å². The van der Waals surface area contributed by atoms with Crippen molar-refractivity contribution in [1.82, 2.24) is 0 Å². The molecule has 29 heavy (non-hydrogen) atoms. The number of nitrogens with zero attached hydrogens (tertiary/aromatic N) is 1. The molecule has 0 aliphatic carbocycles. The highest BCUT2D eigenvalue weighted by molar-refractivity contribution is 9.10. The largest absolute Gasteiger partial charge is 0.493 e. The summed E-state index contributed by atoms with van der Waals surface area (Å²) in [5, 5.41) is 0. The fourth-order valence-corrected chi connectivity index (χ4v) is 3.40. The molecule has 2 aromatic rings. The number of cyclic esters (lactones) is 1. The number of aliphatic imine (C=N–C) groups is 1. The molecule has 0 N–H and O–H groups in total. The third-order valence-corrected chi connectivity index (χ3v) is 4.73. The van der Waals surface area contributed by atoms with Crippen LogP contribution < -0.4 is 18.9 Å². The third kappa shape index (κ3) is 3.84. The van der Waals surface area contributed by atoms with Crippen LogP contribution in [0.4, 0.5) is 0 Å². The van der Waals surface area contributed by atoms with Gasteiger partial charge in [0.1, 0.15) is 6.61 Å². The molecular weight excluding hydrogens is 442 g/mol. The molecule has 0 atom stereocenters. The summed E-state index contributed by atoms with van der Waals surface area (Å²) in [6.07, 6.45) is 3.26. The first-order valence-corrected chi connectivity index (χ1v) is 9.42. The van der Waals surface area contributed by atoms with E-state index in [1.807, 2.05) is 0 Å². The Morgan fingerprint density at radius 2 is 2.07 bits per heavy atom. The SMILES string of the molecule is C=CCOc1c(Br)cc(/C=C2\N=C(c3ccc4c(c3)OCO4)OC2=O)cc1OC. The average Bonchev–Trinajstić information content (AvgIpc) is 3.33. The number of carbonyl (C=O) groups excluding carboxylic acids is 1. The molecule has 0 bridgehead atoms. The number of hydrogen-bond donors (Lipinski definition) is 0. The molecule has 2 aliphatic rings. The first-order valence-electron chi connectivity index (χ1n) is 8.63. The van der Waals surface area contributed by atoms with Crippen LogP contribution in [-0.4, -0.2) is 32.4 Å². The Morgan fingerprint density at radius 3 is 2.86 bits per heavy atom. The lowest BCUT2D eigenvalue weighted by Crippen LogP contribution is -2.05. The van der Waals surface area contributed by atoms with Gasteiger partial charge >= 0.3 is 5.97 Å². The first kappa shape index (κ1) is 19.1. The van der Waals surface area contributed by atoms with Crippen molar-refractivity contribution in [2.24, 2.45) is 4.99 Å². The molecular formula is C21H16BrNO6. The molecule has 2 heterocycles. The molecule has 7 nitrogen and oxygen atoms in total. The van der Waals surface area contributed by atoms with Crippen molar-refractivity contribution in [2.45, 2.75) is 0 Å². The normalized spacial score (nSPS) is 15.9. The number of methoxy groups -OCH3 is 1. The highest BCUT2D eigenvalue weighted by atomic mass is 79.9. The molecule has 0 radical (unpaired) electrons. The zero-order valence-corrected chi connectivity index (χ0v) is 17.0. The predicted molar refractivity (Wildman–Crippen MR) is 110 cm³/mol. The van der Waals surface area contributed by atoms with E-state index in [0.717, 1.165) is 0 Å². The Bertz CT molecular complexity index is 1060. The Balaban J connectivity index is 1.65. The average molecular weight is 458 g/mol. The van der Waals surface area contributed by atoms with Crippen molar-refractivity contribution in [2.75, 3.05) is 20.5 Å². The third-order valence-electron chi connectivity index (χ3n) is 4.14. The summed E-state index contributed by atoms with van der Waals surface area (Å²) in [4.78, 5) is 16.6. The lowest BCUT2D eigenvalue weighted by Gasteiger charge is -2.12. The van der Waals surface area contributed by atoms with Crippen LogP contribution in [0.3, 0.4) is 0 Å². The van der Waals surface area contributed by atoms with E-state index >= 15 is 0 Å². The fraction of sp³-hybridized carbons (Fsp3) is 0.143. The van der Waals surface area contributed by atoms with Crippen molar-refractivity contribution < 1.29 is 28.5 Å². The number of hydrogen-bond acceptors (Lipinski definition) is 7. The highest BCUT2D eigenvalue weighted by Crippen LogP contribution is 2.38. The molecule has 0 spiro atoms. The van der Waals surface area contributed by atoms with E-state index in [1.165, 1.54) is 0 Å². The minimum Gasteiger partial charge on any atom is -0.493 e. The lowest BCUT2D eigenvalue weighted by atomic mass is 10.1. The van der Waals surface area contributed by atoms with Crippen molar-refractivity contribution in [3.63, 3.8) is 0 Å². The summed E-state index contributed by atoms with van der Waals surface area (Å²) in [6.45, 7) is 4.14. The van der Waals surface area contributed by atoms with E-state index in [0.29, 0.717) is 45.2 Å². The molecule has 0 fully saturated rings. The van der Waals surface area contributed by atoms with Crippen molar-refractivity contribution in [1.29, 1.82) is 0 Å². The van der Waals surface area contributed by atoms with Crippen LogP contribution in [-0.2, 0) is 9.53 Å². The van der Waals surface area contributed by atoms with Gasteiger partial charge in [0.05, 0.1) is 11.6 Å². The summed E-state index contributed by atoms with van der Waals surface area (Å²) in [7, 11) is 1.54. The lowest BCUT2D eigenvalue weighted by molar-refractivity contribution is -0.129. The number of benzene rings is 2. The molecule has 2 aromatic carbocycles. The van der Waals surface area contributed by atoms with Crippen molar-refractivity contribution >= 4 is 33.9 Å². The standard InChI is InChI=1S/C21H16BrNO6/c1-3-6-26-19-14(22)7-12(9-18(19)25-2)8-15-21(24)29-20(23-15)13-4-5-16-17(10-13)28-11-27-16/h3-5,7-10H,1,6,11H2,2H3/b15-8-. The summed E-state index contributed by atoms with van der Waals surface area (Å²) in [5.41, 5.74) is 1.49.